The maximum atomic E-state index is 13.0. The highest BCUT2D eigenvalue weighted by Gasteiger charge is 2.33. The van der Waals surface area contributed by atoms with Gasteiger partial charge in [0.1, 0.15) is 18.1 Å². The molecule has 35 heavy (non-hydrogen) atoms. The molecule has 1 fully saturated rings. The molecule has 0 radical (unpaired) electrons. The average Bonchev–Trinajstić information content (AvgIpc) is 2.94. The number of nitrogens with zero attached hydrogens (tertiary/aromatic N) is 2. The van der Waals surface area contributed by atoms with Crippen molar-refractivity contribution in [2.45, 2.75) is 6.04 Å². The van der Waals surface area contributed by atoms with Gasteiger partial charge in [0.05, 0.1) is 25.4 Å². The van der Waals surface area contributed by atoms with Gasteiger partial charge < -0.3 is 19.7 Å². The van der Waals surface area contributed by atoms with Crippen molar-refractivity contribution < 1.29 is 19.1 Å². The molecule has 2 aliphatic heterocycles. The Morgan fingerprint density at radius 3 is 2.71 bits per heavy atom. The van der Waals surface area contributed by atoms with E-state index in [1.54, 1.807) is 36.3 Å². The predicted octanol–water partition coefficient (Wildman–Crippen LogP) is 4.17. The van der Waals surface area contributed by atoms with Crippen LogP contribution in [0.4, 0.5) is 5.69 Å². The van der Waals surface area contributed by atoms with Gasteiger partial charge in [0.15, 0.2) is 0 Å². The molecule has 180 valence electrons. The molecule has 2 heterocycles. The number of anilines is 1. The van der Waals surface area contributed by atoms with E-state index in [9.17, 15) is 9.59 Å². The normalized spacial score (nSPS) is 18.2. The number of nitrogens with one attached hydrogen (secondary N) is 1. The molecule has 0 unspecified atom stereocenters. The van der Waals surface area contributed by atoms with Gasteiger partial charge >= 0.3 is 0 Å². The van der Waals surface area contributed by atoms with Crippen molar-refractivity contribution in [2.75, 3.05) is 45.2 Å². The molecule has 2 aliphatic rings. The number of piperazine rings is 1. The van der Waals surface area contributed by atoms with E-state index in [0.29, 0.717) is 48.3 Å². The van der Waals surface area contributed by atoms with E-state index in [4.69, 9.17) is 21.1 Å². The van der Waals surface area contributed by atoms with Crippen LogP contribution in [0.5, 0.6) is 11.5 Å². The lowest BCUT2D eigenvalue weighted by atomic mass is 10.0. The molecule has 3 aromatic carbocycles. The van der Waals surface area contributed by atoms with Crippen LogP contribution in [0.1, 0.15) is 10.4 Å². The highest BCUT2D eigenvalue weighted by molar-refractivity contribution is 6.30. The van der Waals surface area contributed by atoms with Crippen LogP contribution in [0.15, 0.2) is 66.7 Å². The summed E-state index contributed by atoms with van der Waals surface area (Å²) in [6, 6.07) is 20.4. The number of carbonyl (C=O) groups excluding carboxylic acids is 2. The van der Waals surface area contributed by atoms with E-state index in [2.05, 4.69) is 10.2 Å². The Bertz CT molecular complexity index is 1260. The number of hydrogen-bond acceptors (Lipinski definition) is 5. The van der Waals surface area contributed by atoms with Gasteiger partial charge in [-0.1, -0.05) is 35.9 Å². The van der Waals surface area contributed by atoms with Crippen molar-refractivity contribution in [2.24, 2.45) is 0 Å². The van der Waals surface area contributed by atoms with Crippen LogP contribution in [-0.4, -0.2) is 67.6 Å². The van der Waals surface area contributed by atoms with Gasteiger partial charge in [-0.2, -0.15) is 0 Å². The van der Waals surface area contributed by atoms with Crippen molar-refractivity contribution in [3.8, 4) is 22.6 Å². The summed E-state index contributed by atoms with van der Waals surface area (Å²) in [6.07, 6.45) is 0. The molecule has 1 atom stereocenters. The minimum absolute atomic E-state index is 0.0696. The highest BCUT2D eigenvalue weighted by Crippen LogP contribution is 2.33. The zero-order valence-electron chi connectivity index (χ0n) is 19.4. The largest absolute Gasteiger partial charge is 0.497 e. The molecular weight excluding hydrogens is 466 g/mol. The van der Waals surface area contributed by atoms with Crippen molar-refractivity contribution in [3.05, 3.63) is 77.3 Å². The number of benzene rings is 3. The van der Waals surface area contributed by atoms with E-state index in [0.717, 1.165) is 16.9 Å². The Morgan fingerprint density at radius 1 is 1.06 bits per heavy atom. The third-order valence-electron chi connectivity index (χ3n) is 6.40. The quantitative estimate of drug-likeness (QED) is 0.595. The summed E-state index contributed by atoms with van der Waals surface area (Å²) >= 11 is 6.08. The lowest BCUT2D eigenvalue weighted by Crippen LogP contribution is -2.57. The Hall–Kier alpha value is -3.55. The maximum Gasteiger partial charge on any atom is 0.254 e. The van der Waals surface area contributed by atoms with Crippen LogP contribution in [0.2, 0.25) is 5.02 Å². The highest BCUT2D eigenvalue weighted by atomic mass is 35.5. The van der Waals surface area contributed by atoms with Crippen LogP contribution in [0.3, 0.4) is 0 Å². The second-order valence-corrected chi connectivity index (χ2v) is 9.12. The van der Waals surface area contributed by atoms with Crippen molar-refractivity contribution in [1.29, 1.82) is 0 Å². The maximum absolute atomic E-state index is 13.0. The average molecular weight is 492 g/mol. The summed E-state index contributed by atoms with van der Waals surface area (Å²) in [5.41, 5.74) is 3.11. The first-order chi connectivity index (χ1) is 17.0. The summed E-state index contributed by atoms with van der Waals surface area (Å²) in [7, 11) is 1.63. The number of rotatable bonds is 3. The number of fused-ring (bicyclic) bond motifs is 2. The van der Waals surface area contributed by atoms with Gasteiger partial charge in [0.25, 0.3) is 5.91 Å². The van der Waals surface area contributed by atoms with Crippen LogP contribution < -0.4 is 14.8 Å². The first-order valence-electron chi connectivity index (χ1n) is 11.5. The van der Waals surface area contributed by atoms with Crippen molar-refractivity contribution in [1.82, 2.24) is 9.80 Å². The molecule has 8 heteroatoms. The zero-order valence-corrected chi connectivity index (χ0v) is 20.1. The fourth-order valence-electron chi connectivity index (χ4n) is 4.54. The first kappa shape index (κ1) is 23.2. The molecule has 0 aromatic heterocycles. The van der Waals surface area contributed by atoms with E-state index in [1.807, 2.05) is 42.5 Å². The van der Waals surface area contributed by atoms with E-state index in [1.165, 1.54) is 0 Å². The lowest BCUT2D eigenvalue weighted by Gasteiger charge is -2.40. The Balaban J connectivity index is 1.35. The Kier molecular flexibility index (Phi) is 6.61. The number of carbonyl (C=O) groups is 2. The molecule has 5 rings (SSSR count). The smallest absolute Gasteiger partial charge is 0.254 e. The fraction of sp³-hybridized carbons (Fsp3) is 0.259. The number of halogens is 1. The molecular formula is C27H26ClN3O4. The molecule has 2 amide bonds. The second kappa shape index (κ2) is 9.98. The standard InChI is InChI=1S/C27H26ClN3O4/c1-34-23-7-3-4-18(13-23)19-8-9-25-24(14-19)29-26(32)16-30-10-11-31(15-22(30)17-35-25)27(33)20-5-2-6-21(28)12-20/h2-9,12-14,22H,10-11,15-17H2,1H3,(H,29,32)/t22-/m1/s1. The van der Waals surface area contributed by atoms with Crippen molar-refractivity contribution >= 4 is 29.1 Å². The summed E-state index contributed by atoms with van der Waals surface area (Å²) in [5, 5.41) is 3.54. The second-order valence-electron chi connectivity index (χ2n) is 8.69. The molecule has 3 aromatic rings. The predicted molar refractivity (Wildman–Crippen MR) is 135 cm³/mol. The number of ether oxygens (including phenoxy) is 2. The number of hydrogen-bond donors (Lipinski definition) is 1. The number of amides is 2. The molecule has 0 spiro atoms. The first-order valence-corrected chi connectivity index (χ1v) is 11.9. The summed E-state index contributed by atoms with van der Waals surface area (Å²) in [6.45, 7) is 2.17. The van der Waals surface area contributed by atoms with E-state index < -0.39 is 0 Å². The zero-order chi connectivity index (χ0) is 24.4. The molecule has 0 aliphatic carbocycles. The summed E-state index contributed by atoms with van der Waals surface area (Å²) in [4.78, 5) is 29.8. The minimum Gasteiger partial charge on any atom is -0.497 e. The molecule has 1 saturated heterocycles. The van der Waals surface area contributed by atoms with E-state index in [-0.39, 0.29) is 24.4 Å². The molecule has 1 N–H and O–H groups in total. The van der Waals surface area contributed by atoms with Gasteiger partial charge in [-0.15, -0.1) is 0 Å². The van der Waals surface area contributed by atoms with Crippen molar-refractivity contribution in [3.63, 3.8) is 0 Å². The lowest BCUT2D eigenvalue weighted by molar-refractivity contribution is -0.118. The SMILES string of the molecule is COc1cccc(-c2ccc3c(c2)NC(=O)CN2CCN(C(=O)c4cccc(Cl)c4)C[C@@H]2CO3)c1. The van der Waals surface area contributed by atoms with Crippen LogP contribution >= 0.6 is 11.6 Å². The monoisotopic (exact) mass is 491 g/mol. The van der Waals surface area contributed by atoms with Crippen LogP contribution in [0, 0.1) is 0 Å². The Labute approximate surface area is 209 Å². The molecule has 0 saturated carbocycles. The van der Waals surface area contributed by atoms with E-state index >= 15 is 0 Å². The van der Waals surface area contributed by atoms with Gasteiger partial charge in [-0.25, -0.2) is 0 Å². The van der Waals surface area contributed by atoms with Gasteiger partial charge in [-0.3, -0.25) is 14.5 Å². The summed E-state index contributed by atoms with van der Waals surface area (Å²) in [5.74, 6) is 1.18. The number of methoxy groups -OCH3 is 1. The summed E-state index contributed by atoms with van der Waals surface area (Å²) < 4.78 is 11.5. The molecule has 7 nitrogen and oxygen atoms in total. The van der Waals surface area contributed by atoms with Crippen LogP contribution in [-0.2, 0) is 4.79 Å². The minimum atomic E-state index is -0.112. The third kappa shape index (κ3) is 5.11. The fourth-order valence-corrected chi connectivity index (χ4v) is 4.73. The molecule has 0 bridgehead atoms. The Morgan fingerprint density at radius 2 is 1.89 bits per heavy atom. The van der Waals surface area contributed by atoms with Gasteiger partial charge in [-0.05, 0) is 53.6 Å². The topological polar surface area (TPSA) is 71.1 Å². The van der Waals surface area contributed by atoms with Gasteiger partial charge in [0.2, 0.25) is 5.91 Å². The third-order valence-corrected chi connectivity index (χ3v) is 6.63. The van der Waals surface area contributed by atoms with Gasteiger partial charge in [0, 0.05) is 30.2 Å². The van der Waals surface area contributed by atoms with Crippen LogP contribution in [0.25, 0.3) is 11.1 Å².